The van der Waals surface area contributed by atoms with Crippen molar-refractivity contribution in [3.05, 3.63) is 24.2 Å². The molecule has 0 spiro atoms. The van der Waals surface area contributed by atoms with Crippen molar-refractivity contribution in [1.29, 1.82) is 0 Å². The smallest absolute Gasteiger partial charge is 0.224 e. The zero-order valence-corrected chi connectivity index (χ0v) is 13.0. The maximum absolute atomic E-state index is 12.2. The lowest BCUT2D eigenvalue weighted by Crippen LogP contribution is -2.41. The molecule has 3 heterocycles. The Morgan fingerprint density at radius 2 is 2.14 bits per heavy atom. The summed E-state index contributed by atoms with van der Waals surface area (Å²) in [5.41, 5.74) is 0. The average molecular weight is 310 g/mol. The van der Waals surface area contributed by atoms with Gasteiger partial charge in [0.05, 0.1) is 19.5 Å². The number of rotatable bonds is 5. The van der Waals surface area contributed by atoms with Gasteiger partial charge in [-0.2, -0.15) is 0 Å². The Morgan fingerprint density at radius 1 is 1.29 bits per heavy atom. The van der Waals surface area contributed by atoms with Crippen LogP contribution in [-0.4, -0.2) is 60.9 Å². The van der Waals surface area contributed by atoms with Crippen LogP contribution in [0.1, 0.15) is 24.0 Å². The number of ether oxygens (including phenoxy) is 1. The zero-order chi connectivity index (χ0) is 14.5. The lowest BCUT2D eigenvalue weighted by Gasteiger charge is -2.35. The van der Waals surface area contributed by atoms with Crippen molar-refractivity contribution in [3.63, 3.8) is 0 Å². The van der Waals surface area contributed by atoms with Gasteiger partial charge in [0.2, 0.25) is 5.91 Å². The molecule has 2 aliphatic rings. The molecule has 2 aliphatic heterocycles. The van der Waals surface area contributed by atoms with E-state index in [4.69, 9.17) is 9.15 Å². The van der Waals surface area contributed by atoms with Gasteiger partial charge in [-0.25, -0.2) is 0 Å². The van der Waals surface area contributed by atoms with E-state index < -0.39 is 0 Å². The van der Waals surface area contributed by atoms with Crippen molar-refractivity contribution in [2.24, 2.45) is 0 Å². The fraction of sp³-hybridized carbons (Fsp3) is 0.667. The molecule has 0 aliphatic carbocycles. The number of nitrogens with zero attached hydrogens (tertiary/aromatic N) is 2. The summed E-state index contributed by atoms with van der Waals surface area (Å²) in [6.07, 6.45) is 3.32. The summed E-state index contributed by atoms with van der Waals surface area (Å²) in [4.78, 5) is 16.6. The Hall–Kier alpha value is -0.980. The molecule has 0 aromatic carbocycles. The number of hydrogen-bond acceptors (Lipinski definition) is 5. The number of furan rings is 1. The minimum absolute atomic E-state index is 0.0472. The first-order valence-corrected chi connectivity index (χ1v) is 8.64. The highest BCUT2D eigenvalue weighted by atomic mass is 32.2. The molecule has 2 saturated heterocycles. The molecule has 116 valence electrons. The molecule has 1 amide bonds. The number of amides is 1. The summed E-state index contributed by atoms with van der Waals surface area (Å²) in [6.45, 7) is 5.49. The molecule has 0 radical (unpaired) electrons. The predicted molar refractivity (Wildman–Crippen MR) is 82.1 cm³/mol. The average Bonchev–Trinajstić information content (AvgIpc) is 3.04. The van der Waals surface area contributed by atoms with E-state index in [0.717, 1.165) is 57.3 Å². The van der Waals surface area contributed by atoms with Crippen LogP contribution in [0.4, 0.5) is 0 Å². The Labute approximate surface area is 129 Å². The fourth-order valence-electron chi connectivity index (χ4n) is 2.82. The molecule has 1 atom stereocenters. The lowest BCUT2D eigenvalue weighted by molar-refractivity contribution is -0.132. The van der Waals surface area contributed by atoms with E-state index in [0.29, 0.717) is 6.42 Å². The van der Waals surface area contributed by atoms with E-state index >= 15 is 0 Å². The first kappa shape index (κ1) is 14.9. The number of morpholine rings is 1. The summed E-state index contributed by atoms with van der Waals surface area (Å²) in [5.74, 6) is 2.01. The summed E-state index contributed by atoms with van der Waals surface area (Å²) in [5, 5.41) is 0.0472. The van der Waals surface area contributed by atoms with E-state index in [9.17, 15) is 4.79 Å². The number of hydrogen-bond donors (Lipinski definition) is 0. The predicted octanol–water partition coefficient (Wildman–Crippen LogP) is 1.97. The first-order chi connectivity index (χ1) is 10.3. The molecule has 1 unspecified atom stereocenters. The quantitative estimate of drug-likeness (QED) is 0.832. The topological polar surface area (TPSA) is 45.9 Å². The van der Waals surface area contributed by atoms with Crippen LogP contribution in [0, 0.1) is 0 Å². The van der Waals surface area contributed by atoms with Gasteiger partial charge < -0.3 is 14.1 Å². The Balaban J connectivity index is 1.54. The summed E-state index contributed by atoms with van der Waals surface area (Å²) < 4.78 is 10.9. The maximum Gasteiger partial charge on any atom is 0.224 e. The minimum atomic E-state index is 0.0472. The molecule has 0 saturated carbocycles. The molecule has 1 aromatic rings. The number of carbonyl (C=O) groups is 1. The van der Waals surface area contributed by atoms with Gasteiger partial charge in [-0.3, -0.25) is 9.69 Å². The highest BCUT2D eigenvalue weighted by molar-refractivity contribution is 7.99. The van der Waals surface area contributed by atoms with Crippen LogP contribution in [0.2, 0.25) is 0 Å². The molecule has 0 bridgehead atoms. The van der Waals surface area contributed by atoms with Crippen LogP contribution >= 0.6 is 11.8 Å². The van der Waals surface area contributed by atoms with E-state index in [1.807, 2.05) is 17.0 Å². The molecule has 0 N–H and O–H groups in total. The maximum atomic E-state index is 12.2. The van der Waals surface area contributed by atoms with Gasteiger partial charge >= 0.3 is 0 Å². The minimum Gasteiger partial charge on any atom is -0.466 e. The lowest BCUT2D eigenvalue weighted by atomic mass is 10.2. The molecular formula is C15H22N2O3S. The van der Waals surface area contributed by atoms with E-state index in [2.05, 4.69) is 4.90 Å². The monoisotopic (exact) mass is 310 g/mol. The summed E-state index contributed by atoms with van der Waals surface area (Å²) >= 11 is 1.80. The Morgan fingerprint density at radius 3 is 2.90 bits per heavy atom. The van der Waals surface area contributed by atoms with Crippen molar-refractivity contribution in [1.82, 2.24) is 9.80 Å². The first-order valence-electron chi connectivity index (χ1n) is 7.59. The van der Waals surface area contributed by atoms with Crippen LogP contribution in [0.3, 0.4) is 0 Å². The van der Waals surface area contributed by atoms with Crippen LogP contribution < -0.4 is 0 Å². The van der Waals surface area contributed by atoms with Crippen LogP contribution in [0.5, 0.6) is 0 Å². The molecular weight excluding hydrogens is 288 g/mol. The highest BCUT2D eigenvalue weighted by Gasteiger charge is 2.31. The number of thioether (sulfide) groups is 1. The second-order valence-electron chi connectivity index (χ2n) is 5.38. The molecule has 3 rings (SSSR count). The molecule has 2 fully saturated rings. The molecule has 21 heavy (non-hydrogen) atoms. The van der Waals surface area contributed by atoms with Crippen LogP contribution in [0.15, 0.2) is 22.8 Å². The summed E-state index contributed by atoms with van der Waals surface area (Å²) in [7, 11) is 0. The third kappa shape index (κ3) is 3.81. The molecule has 5 nitrogen and oxygen atoms in total. The Bertz CT molecular complexity index is 446. The largest absolute Gasteiger partial charge is 0.466 e. The third-order valence-corrected chi connectivity index (χ3v) is 5.20. The van der Waals surface area contributed by atoms with Gasteiger partial charge in [0.15, 0.2) is 0 Å². The SMILES string of the molecule is O=C1CCSC(c2ccco2)N1CCCN1CCOCC1. The van der Waals surface area contributed by atoms with E-state index in [-0.39, 0.29) is 11.3 Å². The second-order valence-corrected chi connectivity index (χ2v) is 6.57. The van der Waals surface area contributed by atoms with Crippen molar-refractivity contribution < 1.29 is 13.9 Å². The van der Waals surface area contributed by atoms with E-state index in [1.165, 1.54) is 0 Å². The van der Waals surface area contributed by atoms with Crippen LogP contribution in [-0.2, 0) is 9.53 Å². The molecule has 1 aromatic heterocycles. The fourth-order valence-corrected chi connectivity index (χ4v) is 4.04. The van der Waals surface area contributed by atoms with Crippen molar-refractivity contribution >= 4 is 17.7 Å². The van der Waals surface area contributed by atoms with Gasteiger partial charge in [0.25, 0.3) is 0 Å². The Kier molecular flexibility index (Phi) is 5.22. The van der Waals surface area contributed by atoms with Gasteiger partial charge in [-0.1, -0.05) is 0 Å². The number of carbonyl (C=O) groups excluding carboxylic acids is 1. The van der Waals surface area contributed by atoms with Crippen LogP contribution in [0.25, 0.3) is 0 Å². The normalized spacial score (nSPS) is 24.5. The van der Waals surface area contributed by atoms with Crippen molar-refractivity contribution in [2.45, 2.75) is 18.2 Å². The van der Waals surface area contributed by atoms with E-state index in [1.54, 1.807) is 18.0 Å². The van der Waals surface area contributed by atoms with Gasteiger partial charge in [-0.15, -0.1) is 11.8 Å². The van der Waals surface area contributed by atoms with Gasteiger partial charge in [0.1, 0.15) is 11.1 Å². The van der Waals surface area contributed by atoms with Crippen molar-refractivity contribution in [2.75, 3.05) is 45.1 Å². The third-order valence-electron chi connectivity index (χ3n) is 3.96. The zero-order valence-electron chi connectivity index (χ0n) is 12.2. The van der Waals surface area contributed by atoms with Crippen molar-refractivity contribution in [3.8, 4) is 0 Å². The second kappa shape index (κ2) is 7.33. The van der Waals surface area contributed by atoms with Gasteiger partial charge in [0, 0.05) is 38.4 Å². The highest BCUT2D eigenvalue weighted by Crippen LogP contribution is 2.37. The summed E-state index contributed by atoms with van der Waals surface area (Å²) in [6, 6.07) is 3.85. The molecule has 6 heteroatoms. The standard InChI is InChI=1S/C15H22N2O3S/c18-14-4-12-21-15(13-3-1-9-20-13)17(14)6-2-5-16-7-10-19-11-8-16/h1,3,9,15H,2,4-8,10-12H2. The van der Waals surface area contributed by atoms with Gasteiger partial charge in [-0.05, 0) is 18.6 Å².